The molecule has 7 heteroatoms. The van der Waals surface area contributed by atoms with Crippen molar-refractivity contribution in [1.82, 2.24) is 20.3 Å². The SMILES string of the molecule is Cc1nc(NCc2ccccn2)cc(C(=O)NCCc2ccccc2F)n1. The second kappa shape index (κ2) is 8.84. The Kier molecular flexibility index (Phi) is 6.04. The molecule has 0 unspecified atom stereocenters. The number of aryl methyl sites for hydroxylation is 1. The van der Waals surface area contributed by atoms with Gasteiger partial charge >= 0.3 is 0 Å². The Balaban J connectivity index is 1.59. The summed E-state index contributed by atoms with van der Waals surface area (Å²) in [7, 11) is 0. The van der Waals surface area contributed by atoms with E-state index in [0.29, 0.717) is 36.7 Å². The average molecular weight is 365 g/mol. The Bertz CT molecular complexity index is 917. The van der Waals surface area contributed by atoms with E-state index in [2.05, 4.69) is 25.6 Å². The summed E-state index contributed by atoms with van der Waals surface area (Å²) in [4.78, 5) is 25.1. The van der Waals surface area contributed by atoms with Gasteiger partial charge in [0, 0.05) is 18.8 Å². The van der Waals surface area contributed by atoms with Gasteiger partial charge in [-0.3, -0.25) is 9.78 Å². The monoisotopic (exact) mass is 365 g/mol. The van der Waals surface area contributed by atoms with Gasteiger partial charge in [-0.2, -0.15) is 0 Å². The molecule has 2 aromatic heterocycles. The normalized spacial score (nSPS) is 10.4. The highest BCUT2D eigenvalue weighted by molar-refractivity contribution is 5.92. The maximum Gasteiger partial charge on any atom is 0.270 e. The van der Waals surface area contributed by atoms with Crippen molar-refractivity contribution in [2.45, 2.75) is 19.9 Å². The lowest BCUT2D eigenvalue weighted by Crippen LogP contribution is -2.27. The molecule has 2 heterocycles. The summed E-state index contributed by atoms with van der Waals surface area (Å²) < 4.78 is 13.6. The van der Waals surface area contributed by atoms with Crippen LogP contribution in [0.2, 0.25) is 0 Å². The van der Waals surface area contributed by atoms with Crippen LogP contribution in [-0.2, 0) is 13.0 Å². The van der Waals surface area contributed by atoms with Crippen molar-refractivity contribution in [2.75, 3.05) is 11.9 Å². The first-order valence-electron chi connectivity index (χ1n) is 8.63. The van der Waals surface area contributed by atoms with Gasteiger partial charge in [0.1, 0.15) is 23.2 Å². The van der Waals surface area contributed by atoms with Crippen LogP contribution in [0.25, 0.3) is 0 Å². The van der Waals surface area contributed by atoms with Crippen LogP contribution in [0.4, 0.5) is 10.2 Å². The van der Waals surface area contributed by atoms with Crippen LogP contribution in [0.1, 0.15) is 27.6 Å². The first-order chi connectivity index (χ1) is 13.1. The number of nitrogens with zero attached hydrogens (tertiary/aromatic N) is 3. The lowest BCUT2D eigenvalue weighted by atomic mass is 10.1. The summed E-state index contributed by atoms with van der Waals surface area (Å²) in [5, 5.41) is 5.91. The molecule has 0 aliphatic heterocycles. The number of aromatic nitrogens is 3. The molecule has 6 nitrogen and oxygen atoms in total. The highest BCUT2D eigenvalue weighted by Crippen LogP contribution is 2.09. The van der Waals surface area contributed by atoms with Gasteiger partial charge in [-0.05, 0) is 37.1 Å². The van der Waals surface area contributed by atoms with Crippen LogP contribution >= 0.6 is 0 Å². The molecule has 2 N–H and O–H groups in total. The number of halogens is 1. The first-order valence-corrected chi connectivity index (χ1v) is 8.63. The van der Waals surface area contributed by atoms with Crippen molar-refractivity contribution in [3.63, 3.8) is 0 Å². The third-order valence-corrected chi connectivity index (χ3v) is 3.89. The zero-order valence-electron chi connectivity index (χ0n) is 14.9. The molecule has 0 atom stereocenters. The zero-order valence-corrected chi connectivity index (χ0v) is 14.9. The van der Waals surface area contributed by atoms with E-state index in [1.807, 2.05) is 18.2 Å². The fraction of sp³-hybridized carbons (Fsp3) is 0.200. The van der Waals surface area contributed by atoms with E-state index in [-0.39, 0.29) is 17.4 Å². The van der Waals surface area contributed by atoms with Gasteiger partial charge < -0.3 is 10.6 Å². The maximum atomic E-state index is 13.6. The quantitative estimate of drug-likeness (QED) is 0.673. The van der Waals surface area contributed by atoms with Gasteiger partial charge in [0.2, 0.25) is 0 Å². The Labute approximate surface area is 156 Å². The number of rotatable bonds is 7. The Morgan fingerprint density at radius 3 is 2.70 bits per heavy atom. The molecule has 0 bridgehead atoms. The molecule has 3 rings (SSSR count). The Hall–Kier alpha value is -3.35. The number of carbonyl (C=O) groups is 1. The van der Waals surface area contributed by atoms with Crippen LogP contribution in [0.3, 0.4) is 0 Å². The summed E-state index contributed by atoms with van der Waals surface area (Å²) in [5.41, 5.74) is 1.69. The van der Waals surface area contributed by atoms with Crippen molar-refractivity contribution in [3.05, 3.63) is 83.3 Å². The molecule has 0 spiro atoms. The third kappa shape index (κ3) is 5.31. The van der Waals surface area contributed by atoms with Crippen LogP contribution in [0, 0.1) is 12.7 Å². The summed E-state index contributed by atoms with van der Waals surface area (Å²) in [6.45, 7) is 2.53. The Morgan fingerprint density at radius 2 is 1.93 bits per heavy atom. The Morgan fingerprint density at radius 1 is 1.11 bits per heavy atom. The van der Waals surface area contributed by atoms with Crippen molar-refractivity contribution < 1.29 is 9.18 Å². The highest BCUT2D eigenvalue weighted by Gasteiger charge is 2.11. The van der Waals surface area contributed by atoms with Gasteiger partial charge in [-0.25, -0.2) is 14.4 Å². The molecule has 0 aliphatic rings. The summed E-state index contributed by atoms with van der Waals surface area (Å²) >= 11 is 0. The van der Waals surface area contributed by atoms with Crippen molar-refractivity contribution in [3.8, 4) is 0 Å². The topological polar surface area (TPSA) is 79.8 Å². The molecular weight excluding hydrogens is 345 g/mol. The fourth-order valence-electron chi connectivity index (χ4n) is 2.56. The van der Waals surface area contributed by atoms with Gasteiger partial charge in [0.05, 0.1) is 12.2 Å². The summed E-state index contributed by atoms with van der Waals surface area (Å²) in [6, 6.07) is 13.8. The van der Waals surface area contributed by atoms with Crippen molar-refractivity contribution in [2.24, 2.45) is 0 Å². The van der Waals surface area contributed by atoms with E-state index in [4.69, 9.17) is 0 Å². The minimum Gasteiger partial charge on any atom is -0.364 e. The van der Waals surface area contributed by atoms with E-state index in [0.717, 1.165) is 5.69 Å². The molecule has 0 fully saturated rings. The van der Waals surface area contributed by atoms with Crippen LogP contribution in [-0.4, -0.2) is 27.4 Å². The van der Waals surface area contributed by atoms with E-state index >= 15 is 0 Å². The molecule has 0 aliphatic carbocycles. The summed E-state index contributed by atoms with van der Waals surface area (Å²) in [6.07, 6.45) is 2.13. The van der Waals surface area contributed by atoms with Gasteiger partial charge in [-0.15, -0.1) is 0 Å². The van der Waals surface area contributed by atoms with Gasteiger partial charge in [0.15, 0.2) is 0 Å². The highest BCUT2D eigenvalue weighted by atomic mass is 19.1. The number of benzene rings is 1. The number of carbonyl (C=O) groups excluding carboxylic acids is 1. The number of hydrogen-bond acceptors (Lipinski definition) is 5. The molecule has 0 saturated carbocycles. The van der Waals surface area contributed by atoms with Crippen LogP contribution in [0.5, 0.6) is 0 Å². The number of amides is 1. The molecule has 138 valence electrons. The molecule has 27 heavy (non-hydrogen) atoms. The number of pyridine rings is 1. The van der Waals surface area contributed by atoms with E-state index in [1.54, 1.807) is 37.4 Å². The van der Waals surface area contributed by atoms with Crippen LogP contribution in [0.15, 0.2) is 54.7 Å². The lowest BCUT2D eigenvalue weighted by molar-refractivity contribution is 0.0948. The summed E-state index contributed by atoms with van der Waals surface area (Å²) in [5.74, 6) is 0.441. The predicted molar refractivity (Wildman–Crippen MR) is 101 cm³/mol. The number of anilines is 1. The second-order valence-electron chi connectivity index (χ2n) is 5.96. The third-order valence-electron chi connectivity index (χ3n) is 3.89. The van der Waals surface area contributed by atoms with Crippen LogP contribution < -0.4 is 10.6 Å². The second-order valence-corrected chi connectivity index (χ2v) is 5.96. The van der Waals surface area contributed by atoms with E-state index in [9.17, 15) is 9.18 Å². The number of nitrogens with one attached hydrogen (secondary N) is 2. The molecule has 1 amide bonds. The van der Waals surface area contributed by atoms with E-state index < -0.39 is 0 Å². The largest absolute Gasteiger partial charge is 0.364 e. The molecule has 0 saturated heterocycles. The van der Waals surface area contributed by atoms with Gasteiger partial charge in [0.25, 0.3) is 5.91 Å². The molecular formula is C20H20FN5O. The minimum absolute atomic E-state index is 0.263. The molecule has 0 radical (unpaired) electrons. The number of hydrogen-bond donors (Lipinski definition) is 2. The van der Waals surface area contributed by atoms with E-state index in [1.165, 1.54) is 6.07 Å². The molecule has 3 aromatic rings. The average Bonchev–Trinajstić information content (AvgIpc) is 2.68. The standard InChI is InChI=1S/C20H20FN5O/c1-14-25-18(12-19(26-14)24-13-16-7-4-5-10-22-16)20(27)23-11-9-15-6-2-3-8-17(15)21/h2-8,10,12H,9,11,13H2,1H3,(H,23,27)(H,24,25,26). The maximum absolute atomic E-state index is 13.6. The first kappa shape index (κ1) is 18.4. The van der Waals surface area contributed by atoms with Crippen molar-refractivity contribution >= 4 is 11.7 Å². The van der Waals surface area contributed by atoms with Gasteiger partial charge in [-0.1, -0.05) is 24.3 Å². The lowest BCUT2D eigenvalue weighted by Gasteiger charge is -2.09. The smallest absolute Gasteiger partial charge is 0.270 e. The predicted octanol–water partition coefficient (Wildman–Crippen LogP) is 2.90. The fourth-order valence-corrected chi connectivity index (χ4v) is 2.56. The molecule has 1 aromatic carbocycles. The van der Waals surface area contributed by atoms with Crippen molar-refractivity contribution in [1.29, 1.82) is 0 Å². The minimum atomic E-state index is -0.322. The zero-order chi connectivity index (χ0) is 19.1.